The molecule has 6 nitrogen and oxygen atoms in total. The van der Waals surface area contributed by atoms with E-state index in [2.05, 4.69) is 13.8 Å². The molecule has 2 aromatic rings. The molecule has 10 heteroatoms. The zero-order valence-electron chi connectivity index (χ0n) is 30.8. The molecule has 52 heavy (non-hydrogen) atoms. The van der Waals surface area contributed by atoms with Gasteiger partial charge in [-0.3, -0.25) is 5.41 Å². The third-order valence-corrected chi connectivity index (χ3v) is 14.3. The van der Waals surface area contributed by atoms with Gasteiger partial charge in [0.05, 0.1) is 12.2 Å². The fourth-order valence-corrected chi connectivity index (χ4v) is 11.9. The van der Waals surface area contributed by atoms with Crippen molar-refractivity contribution < 1.29 is 59.2 Å². The summed E-state index contributed by atoms with van der Waals surface area (Å²) < 4.78 is 36.6. The van der Waals surface area contributed by atoms with E-state index in [1.54, 1.807) is 61.8 Å². The van der Waals surface area contributed by atoms with E-state index in [0.29, 0.717) is 25.4 Å². The number of benzene rings is 2. The molecule has 0 heterocycles. The van der Waals surface area contributed by atoms with E-state index in [9.17, 15) is 4.79 Å². The Labute approximate surface area is 352 Å². The first-order chi connectivity index (χ1) is 24.5. The Morgan fingerprint density at radius 1 is 1.02 bits per heavy atom. The van der Waals surface area contributed by atoms with Crippen molar-refractivity contribution in [2.75, 3.05) is 26.9 Å². The summed E-state index contributed by atoms with van der Waals surface area (Å²) in [6, 6.07) is 17.7. The van der Waals surface area contributed by atoms with Gasteiger partial charge in [0, 0.05) is 18.4 Å². The standard InChI is InChI=1S/C30H36FINO5S.C12H19.U/c1-3-37-26(34)20-36-17-16-28(35-2)18-22-8-7-15-29(19-22,21-28)38-27(33)30(31,32)39-25-13-11-24(12-14-25)23-9-5-4-6-10-23;1-2-12-10-4-8-3-9(6-10)7-11(12)5-8;/h4-6,9-14,22,33H,1,3,7-8,15-21H2,2H3;8-11H,2-7H2,1H3;/q2*-1;+2. The van der Waals surface area contributed by atoms with Crippen LogP contribution in [-0.4, -0.2) is 53.0 Å². The minimum absolute atomic E-state index is 0. The van der Waals surface area contributed by atoms with Crippen LogP contribution >= 0.6 is 34.4 Å². The van der Waals surface area contributed by atoms with Crippen LogP contribution in [-0.2, 0) is 23.7 Å². The van der Waals surface area contributed by atoms with Crippen LogP contribution < -0.4 is 0 Å². The number of alkyl halides is 2. The monoisotopic (exact) mass is 1070 g/mol. The van der Waals surface area contributed by atoms with Gasteiger partial charge in [-0.25, -0.2) is 9.18 Å². The number of methoxy groups -OCH3 is 1. The van der Waals surface area contributed by atoms with E-state index in [4.69, 9.17) is 24.4 Å². The van der Waals surface area contributed by atoms with Crippen molar-refractivity contribution in [1.29, 1.82) is 5.41 Å². The van der Waals surface area contributed by atoms with Crippen LogP contribution in [0.15, 0.2) is 59.5 Å². The van der Waals surface area contributed by atoms with E-state index < -0.39 is 20.2 Å². The molecule has 4 atom stereocenters. The van der Waals surface area contributed by atoms with Crippen LogP contribution in [0.4, 0.5) is 4.39 Å². The molecular formula is C42H55FINO5SU. The van der Waals surface area contributed by atoms with Crippen molar-refractivity contribution in [3.8, 4) is 11.1 Å². The summed E-state index contributed by atoms with van der Waals surface area (Å²) in [4.78, 5) is 12.3. The number of nitrogens with one attached hydrogen (secondary N) is 1. The quantitative estimate of drug-likeness (QED) is 0.0315. The number of carbonyl (C=O) groups is 1. The van der Waals surface area contributed by atoms with Gasteiger partial charge in [0.15, 0.2) is 0 Å². The second kappa shape index (κ2) is 19.0. The van der Waals surface area contributed by atoms with Gasteiger partial charge in [-0.1, -0.05) is 93.3 Å². The predicted octanol–water partition coefficient (Wildman–Crippen LogP) is 10.8. The third-order valence-electron chi connectivity index (χ3n) is 12.2. The van der Waals surface area contributed by atoms with Crippen LogP contribution in [0.5, 0.6) is 0 Å². The zero-order valence-corrected chi connectivity index (χ0v) is 37.9. The smallest absolute Gasteiger partial charge is 0.497 e. The van der Waals surface area contributed by atoms with Crippen molar-refractivity contribution in [3.05, 3.63) is 67.4 Å². The van der Waals surface area contributed by atoms with Crippen molar-refractivity contribution in [1.82, 2.24) is 0 Å². The maximum Gasteiger partial charge on any atom is 2.00 e. The topological polar surface area (TPSA) is 77.8 Å². The minimum Gasteiger partial charge on any atom is -0.497 e. The number of thioether (sulfide) groups is 1. The maximum absolute atomic E-state index is 15.9. The zero-order chi connectivity index (χ0) is 36.1. The van der Waals surface area contributed by atoms with Crippen molar-refractivity contribution >= 4 is 46.2 Å². The summed E-state index contributed by atoms with van der Waals surface area (Å²) in [6.07, 6.45) is 14.7. The van der Waals surface area contributed by atoms with Gasteiger partial charge in [0.25, 0.3) is 3.01 Å². The van der Waals surface area contributed by atoms with Gasteiger partial charge in [-0.15, -0.1) is 0 Å². The van der Waals surface area contributed by atoms with Crippen LogP contribution in [0.2, 0.25) is 0 Å². The van der Waals surface area contributed by atoms with E-state index in [1.165, 1.54) is 6.42 Å². The fraction of sp³-hybridized carbons (Fsp3) is 0.619. The molecule has 0 saturated heterocycles. The first-order valence-electron chi connectivity index (χ1n) is 19.0. The molecule has 6 aliphatic carbocycles. The molecule has 0 spiro atoms. The van der Waals surface area contributed by atoms with E-state index in [1.807, 2.05) is 60.5 Å². The molecule has 6 aliphatic rings. The Kier molecular flexibility index (Phi) is 15.5. The van der Waals surface area contributed by atoms with Crippen LogP contribution in [0.3, 0.4) is 0 Å². The molecule has 0 amide bonds. The number of esters is 1. The minimum atomic E-state index is -2.06. The van der Waals surface area contributed by atoms with E-state index in [-0.39, 0.29) is 50.2 Å². The Morgan fingerprint density at radius 3 is 2.29 bits per heavy atom. The van der Waals surface area contributed by atoms with Gasteiger partial charge in [-0.05, 0) is 109 Å². The van der Waals surface area contributed by atoms with Gasteiger partial charge >= 0.3 is 37.1 Å². The molecule has 282 valence electrons. The summed E-state index contributed by atoms with van der Waals surface area (Å²) >= 11 is 2.65. The average Bonchev–Trinajstić information content (AvgIpc) is 3.10. The van der Waals surface area contributed by atoms with Crippen LogP contribution in [0, 0.1) is 79.0 Å². The number of halogens is 2. The Balaban J connectivity index is 0.000000334. The second-order valence-corrected chi connectivity index (χ2v) is 19.1. The van der Waals surface area contributed by atoms with Crippen molar-refractivity contribution in [2.45, 2.75) is 109 Å². The summed E-state index contributed by atoms with van der Waals surface area (Å²) in [5, 5.41) is 8.67. The molecule has 6 fully saturated rings. The van der Waals surface area contributed by atoms with E-state index in [0.717, 1.165) is 83.6 Å². The average molecular weight is 1070 g/mol. The SMILES string of the molecule is CC[C-]1C2CC3CC(C2)CC1C3.[CH2-]COC(=O)COCCC1(OC)CC2CCCC(OC(=N)C(F)(I)Sc3ccc(-c4ccccc4)cc3)(C2)C1.[U+2]. The van der Waals surface area contributed by atoms with Gasteiger partial charge in [0.2, 0.25) is 5.90 Å². The van der Waals surface area contributed by atoms with Crippen molar-refractivity contribution in [3.63, 3.8) is 0 Å². The molecular weight excluding hydrogens is 1010 g/mol. The first kappa shape index (κ1) is 42.5. The fourth-order valence-electron chi connectivity index (χ4n) is 10.3. The molecule has 4 unspecified atom stereocenters. The third kappa shape index (κ3) is 10.6. The van der Waals surface area contributed by atoms with Crippen LogP contribution in [0.1, 0.15) is 90.4 Å². The Morgan fingerprint density at radius 2 is 1.67 bits per heavy atom. The summed E-state index contributed by atoms with van der Waals surface area (Å²) in [5.41, 5.74) is 0.962. The molecule has 1 N–H and O–H groups in total. The molecule has 6 bridgehead atoms. The number of carbonyl (C=O) groups excluding carboxylic acids is 1. The van der Waals surface area contributed by atoms with Gasteiger partial charge in [0.1, 0.15) is 12.2 Å². The normalized spacial score (nSPS) is 31.4. The molecule has 0 aromatic heterocycles. The molecule has 0 radical (unpaired) electrons. The molecule has 6 saturated carbocycles. The number of hydrogen-bond acceptors (Lipinski definition) is 7. The largest absolute Gasteiger partial charge is 2.00 e. The molecule has 2 aromatic carbocycles. The summed E-state index contributed by atoms with van der Waals surface area (Å²) in [6.45, 7) is 6.13. The number of fused-ring (bicyclic) bond motifs is 2. The first-order valence-corrected chi connectivity index (χ1v) is 20.9. The summed E-state index contributed by atoms with van der Waals surface area (Å²) in [5.74, 6) is 5.93. The van der Waals surface area contributed by atoms with Gasteiger partial charge in [-0.2, -0.15) is 18.3 Å². The Hall–Kier alpha value is -0.638. The number of ether oxygens (including phenoxy) is 4. The number of rotatable bonds is 13. The van der Waals surface area contributed by atoms with Crippen molar-refractivity contribution in [2.24, 2.45) is 29.6 Å². The molecule has 8 rings (SSSR count). The number of hydrogen-bond donors (Lipinski definition) is 1. The molecule has 0 aliphatic heterocycles. The van der Waals surface area contributed by atoms with Gasteiger partial charge < -0.3 is 31.8 Å². The van der Waals surface area contributed by atoms with Crippen LogP contribution in [0.25, 0.3) is 11.1 Å². The predicted molar refractivity (Wildman–Crippen MR) is 210 cm³/mol. The second-order valence-electron chi connectivity index (χ2n) is 15.6. The van der Waals surface area contributed by atoms with E-state index >= 15 is 4.39 Å². The summed E-state index contributed by atoms with van der Waals surface area (Å²) in [7, 11) is 1.68. The maximum atomic E-state index is 15.9. The Bertz CT molecular complexity index is 1440.